The first-order valence-corrected chi connectivity index (χ1v) is 26.8. The summed E-state index contributed by atoms with van der Waals surface area (Å²) in [5.74, 6) is -12.4. The minimum atomic E-state index is -1.89. The summed E-state index contributed by atoms with van der Waals surface area (Å²) >= 11 is 0. The van der Waals surface area contributed by atoms with Crippen LogP contribution >= 0.6 is 0 Å². The maximum Gasteiger partial charge on any atom is 0.305 e. The van der Waals surface area contributed by atoms with E-state index in [9.17, 15) is 72.9 Å². The number of carboxylic acid groups (broad SMARTS) is 2. The Labute approximate surface area is 465 Å². The highest BCUT2D eigenvalue weighted by Gasteiger charge is 2.36. The quantitative estimate of drug-likeness (QED) is 0.0359. The second-order valence-corrected chi connectivity index (χ2v) is 21.0. The van der Waals surface area contributed by atoms with Crippen LogP contribution in [0.2, 0.25) is 0 Å². The number of nitrogens with one attached hydrogen (secondary N) is 9. The van der Waals surface area contributed by atoms with E-state index in [1.165, 1.54) is 13.8 Å². The SMILES string of the molecule is CC(=O)N[C@@H](CC(C)C)C(=O)N[C@@H](CCC(=O)O)C(=O)N[C@@H](CC(C)C)C(=O)N[C@@H](CC(=O)O)C(=O)N[C@@H](CCCCN)C(=O)N[C@@H](Cc1cccc2ccccc12)C(=O)N[C@@H](C)C(=O)N[C@@H](CO)C(=O)N[C@@H](CC(C)C)C(N)=O. The summed E-state index contributed by atoms with van der Waals surface area (Å²) in [6.45, 7) is 12.3. The first-order valence-electron chi connectivity index (χ1n) is 26.8. The van der Waals surface area contributed by atoms with Gasteiger partial charge in [0.1, 0.15) is 54.4 Å². The Kier molecular flexibility index (Phi) is 29.3. The van der Waals surface area contributed by atoms with Gasteiger partial charge in [0.2, 0.25) is 59.1 Å². The van der Waals surface area contributed by atoms with Gasteiger partial charge in [0, 0.05) is 19.8 Å². The van der Waals surface area contributed by atoms with E-state index in [1.807, 2.05) is 12.1 Å². The molecular formula is C54H83N11O15. The molecule has 10 amide bonds. The van der Waals surface area contributed by atoms with Crippen LogP contribution in [0.3, 0.4) is 0 Å². The van der Waals surface area contributed by atoms with Gasteiger partial charge in [0.05, 0.1) is 13.0 Å². The molecule has 2 aromatic rings. The number of aliphatic carboxylic acids is 2. The fourth-order valence-corrected chi connectivity index (χ4v) is 8.45. The monoisotopic (exact) mass is 1130 g/mol. The van der Waals surface area contributed by atoms with E-state index in [1.54, 1.807) is 71.9 Å². The van der Waals surface area contributed by atoms with E-state index in [0.29, 0.717) is 17.4 Å². The van der Waals surface area contributed by atoms with Crippen molar-refractivity contribution >= 4 is 81.8 Å². The maximum absolute atomic E-state index is 14.5. The van der Waals surface area contributed by atoms with Crippen molar-refractivity contribution < 1.29 is 72.9 Å². The Hall–Kier alpha value is -7.74. The molecule has 26 nitrogen and oxygen atoms in total. The fourth-order valence-electron chi connectivity index (χ4n) is 8.45. The standard InChI is InChI=1S/C54H83N11O15/c1-28(2)22-38(46(56)72)61-54(80)43(27-66)65-47(73)31(7)57-50(76)41(25-34-16-13-15-33-14-9-10-17-35(33)34)63-48(74)36(18-11-12-21-55)59-53(79)42(26-45(70)71)64-52(78)40(24-30(5)6)62-49(75)37(19-20-44(68)69)60-51(77)39(23-29(3)4)58-32(8)67/h9-10,13-17,28-31,36-43,66H,11-12,18-27,55H2,1-8H3,(H2,56,72)(H,57,76)(H,58,67)(H,59,79)(H,60,77)(H,61,80)(H,62,75)(H,63,74)(H,64,78)(H,65,73)(H,68,69)(H,70,71)/t31-,36-,37-,38-,39-,40-,41-,42-,43-/m0/s1. The van der Waals surface area contributed by atoms with E-state index < -0.39 is 151 Å². The third-order valence-electron chi connectivity index (χ3n) is 12.5. The molecule has 0 unspecified atom stereocenters. The first-order chi connectivity index (χ1) is 37.6. The summed E-state index contributed by atoms with van der Waals surface area (Å²) in [7, 11) is 0. The molecule has 0 bridgehead atoms. The van der Waals surface area contributed by atoms with Crippen molar-refractivity contribution in [1.82, 2.24) is 47.9 Å². The molecule has 16 N–H and O–H groups in total. The average Bonchev–Trinajstić information content (AvgIpc) is 3.36. The number of carbonyl (C=O) groups excluding carboxylic acids is 10. The van der Waals surface area contributed by atoms with Gasteiger partial charge in [0.15, 0.2) is 0 Å². The van der Waals surface area contributed by atoms with Crippen LogP contribution < -0.4 is 59.3 Å². The van der Waals surface area contributed by atoms with Crippen LogP contribution in [-0.4, -0.2) is 154 Å². The normalized spacial score (nSPS) is 14.6. The first kappa shape index (κ1) is 68.4. The summed E-state index contributed by atoms with van der Waals surface area (Å²) in [6, 6.07) is -0.604. The number of carbonyl (C=O) groups is 12. The van der Waals surface area contributed by atoms with Crippen molar-refractivity contribution in [2.45, 2.75) is 174 Å². The van der Waals surface area contributed by atoms with Gasteiger partial charge < -0.3 is 74.6 Å². The van der Waals surface area contributed by atoms with Crippen LogP contribution in [0.25, 0.3) is 10.8 Å². The van der Waals surface area contributed by atoms with Crippen molar-refractivity contribution in [3.8, 4) is 0 Å². The number of unbranched alkanes of at least 4 members (excludes halogenated alkanes) is 1. The van der Waals surface area contributed by atoms with Crippen LogP contribution in [0.1, 0.15) is 119 Å². The summed E-state index contributed by atoms with van der Waals surface area (Å²) < 4.78 is 0. The predicted molar refractivity (Wildman–Crippen MR) is 293 cm³/mol. The molecule has 2 rings (SSSR count). The Morgan fingerprint density at radius 3 is 1.44 bits per heavy atom. The molecule has 0 aliphatic carbocycles. The van der Waals surface area contributed by atoms with Gasteiger partial charge in [-0.05, 0) is 92.5 Å². The number of fused-ring (bicyclic) bond motifs is 1. The van der Waals surface area contributed by atoms with Crippen LogP contribution in [0.15, 0.2) is 42.5 Å². The van der Waals surface area contributed by atoms with E-state index in [4.69, 9.17) is 11.5 Å². The lowest BCUT2D eigenvalue weighted by Crippen LogP contribution is -2.61. The third kappa shape index (κ3) is 24.5. The van der Waals surface area contributed by atoms with Crippen molar-refractivity contribution in [2.75, 3.05) is 13.2 Å². The zero-order chi connectivity index (χ0) is 60.4. The zero-order valence-corrected chi connectivity index (χ0v) is 46.9. The van der Waals surface area contributed by atoms with Gasteiger partial charge in [-0.1, -0.05) is 84.0 Å². The van der Waals surface area contributed by atoms with Gasteiger partial charge >= 0.3 is 11.9 Å². The molecule has 0 saturated carbocycles. The fraction of sp³-hybridized carbons (Fsp3) is 0.593. The molecular weight excluding hydrogens is 1040 g/mol. The number of aliphatic hydroxyl groups is 1. The van der Waals surface area contributed by atoms with Crippen molar-refractivity contribution in [1.29, 1.82) is 0 Å². The molecule has 0 aliphatic rings. The van der Waals surface area contributed by atoms with E-state index in [2.05, 4.69) is 47.9 Å². The molecule has 0 heterocycles. The Balaban J connectivity index is 2.51. The number of hydrogen-bond donors (Lipinski definition) is 14. The molecule has 9 atom stereocenters. The molecule has 0 saturated heterocycles. The Morgan fingerprint density at radius 2 is 0.912 bits per heavy atom. The number of amides is 10. The lowest BCUT2D eigenvalue weighted by atomic mass is 9.97. The number of primary amides is 1. The molecule has 0 fully saturated rings. The van der Waals surface area contributed by atoms with Gasteiger partial charge in [-0.25, -0.2) is 0 Å². The molecule has 0 spiro atoms. The third-order valence-corrected chi connectivity index (χ3v) is 12.5. The van der Waals surface area contributed by atoms with Gasteiger partial charge in [-0.2, -0.15) is 0 Å². The lowest BCUT2D eigenvalue weighted by Gasteiger charge is -2.28. The van der Waals surface area contributed by atoms with Crippen LogP contribution in [0.4, 0.5) is 0 Å². The summed E-state index contributed by atoms with van der Waals surface area (Å²) in [4.78, 5) is 159. The maximum atomic E-state index is 14.5. The highest BCUT2D eigenvalue weighted by atomic mass is 16.4. The molecule has 80 heavy (non-hydrogen) atoms. The van der Waals surface area contributed by atoms with Gasteiger partial charge in [-0.3, -0.25) is 57.5 Å². The highest BCUT2D eigenvalue weighted by Crippen LogP contribution is 2.21. The highest BCUT2D eigenvalue weighted by molar-refractivity contribution is 5.99. The number of aliphatic hydroxyl groups excluding tert-OH is 1. The second-order valence-electron chi connectivity index (χ2n) is 21.0. The molecule has 0 aliphatic heterocycles. The predicted octanol–water partition coefficient (Wildman–Crippen LogP) is -1.13. The molecule has 0 aromatic heterocycles. The van der Waals surface area contributed by atoms with Crippen LogP contribution in [-0.2, 0) is 64.0 Å². The van der Waals surface area contributed by atoms with E-state index in [-0.39, 0.29) is 62.8 Å². The minimum Gasteiger partial charge on any atom is -0.481 e. The summed E-state index contributed by atoms with van der Waals surface area (Å²) in [5, 5.41) is 53.2. The minimum absolute atomic E-state index is 0.0558. The van der Waals surface area contributed by atoms with Crippen molar-refractivity contribution in [3.05, 3.63) is 48.0 Å². The van der Waals surface area contributed by atoms with Gasteiger partial charge in [-0.15, -0.1) is 0 Å². The zero-order valence-electron chi connectivity index (χ0n) is 46.9. The van der Waals surface area contributed by atoms with E-state index >= 15 is 0 Å². The molecule has 26 heteroatoms. The number of nitrogens with two attached hydrogens (primary N) is 2. The average molecular weight is 1130 g/mol. The summed E-state index contributed by atoms with van der Waals surface area (Å²) in [5.41, 5.74) is 11.8. The smallest absolute Gasteiger partial charge is 0.305 e. The number of hydrogen-bond acceptors (Lipinski definition) is 14. The molecule has 0 radical (unpaired) electrons. The largest absolute Gasteiger partial charge is 0.481 e. The molecule has 444 valence electrons. The van der Waals surface area contributed by atoms with Crippen LogP contribution in [0, 0.1) is 17.8 Å². The number of benzene rings is 2. The molecule has 2 aromatic carbocycles. The topological polar surface area (TPSA) is 426 Å². The van der Waals surface area contributed by atoms with E-state index in [0.717, 1.165) is 5.39 Å². The number of rotatable bonds is 36. The summed E-state index contributed by atoms with van der Waals surface area (Å²) in [6.07, 6.45) is -1.52. The number of carboxylic acids is 2. The van der Waals surface area contributed by atoms with Crippen molar-refractivity contribution in [2.24, 2.45) is 29.2 Å². The lowest BCUT2D eigenvalue weighted by molar-refractivity contribution is -0.142. The Morgan fingerprint density at radius 1 is 0.475 bits per heavy atom. The van der Waals surface area contributed by atoms with Crippen molar-refractivity contribution in [3.63, 3.8) is 0 Å². The van der Waals surface area contributed by atoms with Crippen LogP contribution in [0.5, 0.6) is 0 Å². The second kappa shape index (κ2) is 34.3. The Bertz CT molecular complexity index is 2480. The van der Waals surface area contributed by atoms with Gasteiger partial charge in [0.25, 0.3) is 0 Å².